The first-order chi connectivity index (χ1) is 21.3. The Labute approximate surface area is 257 Å². The number of aryl methyl sites for hydroxylation is 1. The lowest BCUT2D eigenvalue weighted by Gasteiger charge is -2.40. The van der Waals surface area contributed by atoms with Crippen LogP contribution < -0.4 is 15.4 Å². The van der Waals surface area contributed by atoms with Crippen LogP contribution in [0.2, 0.25) is 0 Å². The van der Waals surface area contributed by atoms with Gasteiger partial charge in [-0.1, -0.05) is 6.58 Å². The van der Waals surface area contributed by atoms with E-state index in [9.17, 15) is 22.4 Å². The molecule has 3 aliphatic heterocycles. The number of ether oxygens (including phenoxy) is 2. The number of nitrogens with zero attached hydrogens (tertiary/aromatic N) is 6. The van der Waals surface area contributed by atoms with Crippen molar-refractivity contribution in [2.24, 2.45) is 0 Å². The predicted octanol–water partition coefficient (Wildman–Crippen LogP) is 4.23. The summed E-state index contributed by atoms with van der Waals surface area (Å²) in [6, 6.07) is 0.373. The molecule has 2 saturated heterocycles. The SMILES string of the molecule is [C-]#[N+]C[C@H]1CN(c2nc(OC[C@@H]3CCCN3C)nc3c2CO[C@H](c2c(F)c(N)cc(C)c2C(F)(F)F)C3)CCN1C(=O)C(=C)F. The summed E-state index contributed by atoms with van der Waals surface area (Å²) in [5.74, 6) is -2.88. The van der Waals surface area contributed by atoms with Crippen LogP contribution in [0.15, 0.2) is 18.5 Å². The maximum Gasteiger partial charge on any atom is 0.417 e. The molecule has 2 fully saturated rings. The molecule has 2 aromatic rings. The van der Waals surface area contributed by atoms with Crippen LogP contribution in [-0.4, -0.2) is 84.1 Å². The number of rotatable bonds is 7. The third-order valence-electron chi connectivity index (χ3n) is 8.64. The Morgan fingerprint density at radius 2 is 2.02 bits per heavy atom. The van der Waals surface area contributed by atoms with Gasteiger partial charge in [-0.05, 0) is 45.0 Å². The minimum atomic E-state index is -4.87. The number of halogens is 5. The topological polar surface area (TPSA) is 101 Å². The Balaban J connectivity index is 1.53. The molecule has 15 heteroatoms. The third kappa shape index (κ3) is 6.53. The normalized spacial score (nSPS) is 22.2. The molecule has 0 saturated carbocycles. The fourth-order valence-corrected chi connectivity index (χ4v) is 6.36. The van der Waals surface area contributed by atoms with Gasteiger partial charge in [-0.3, -0.25) is 4.79 Å². The fraction of sp³-hybridized carbons (Fsp3) is 0.533. The molecule has 45 heavy (non-hydrogen) atoms. The van der Waals surface area contributed by atoms with E-state index in [4.69, 9.17) is 21.8 Å². The molecule has 3 aliphatic rings. The number of amides is 1. The third-order valence-corrected chi connectivity index (χ3v) is 8.64. The zero-order valence-corrected chi connectivity index (χ0v) is 25.0. The molecular weight excluding hydrogens is 601 g/mol. The number of benzene rings is 1. The molecule has 5 rings (SSSR count). The molecule has 0 unspecified atom stereocenters. The minimum Gasteiger partial charge on any atom is -0.462 e. The van der Waals surface area contributed by atoms with Crippen molar-refractivity contribution in [2.75, 3.05) is 57.0 Å². The Bertz CT molecular complexity index is 1530. The van der Waals surface area contributed by atoms with E-state index < -0.39 is 52.7 Å². The Hall–Kier alpha value is -4.03. The van der Waals surface area contributed by atoms with Gasteiger partial charge in [0, 0.05) is 43.2 Å². The highest BCUT2D eigenvalue weighted by Gasteiger charge is 2.42. The van der Waals surface area contributed by atoms with Crippen LogP contribution in [0.3, 0.4) is 0 Å². The minimum absolute atomic E-state index is 0.0117. The van der Waals surface area contributed by atoms with E-state index in [1.807, 2.05) is 7.05 Å². The molecule has 10 nitrogen and oxygen atoms in total. The molecule has 0 bridgehead atoms. The molecule has 0 aliphatic carbocycles. The van der Waals surface area contributed by atoms with Crippen molar-refractivity contribution in [3.05, 3.63) is 63.7 Å². The fourth-order valence-electron chi connectivity index (χ4n) is 6.36. The van der Waals surface area contributed by atoms with E-state index in [0.29, 0.717) is 17.1 Å². The quantitative estimate of drug-likeness (QED) is 0.209. The number of hydrogen-bond acceptors (Lipinski definition) is 8. The van der Waals surface area contributed by atoms with E-state index in [-0.39, 0.29) is 63.4 Å². The summed E-state index contributed by atoms with van der Waals surface area (Å²) in [6.45, 7) is 12.9. The largest absolute Gasteiger partial charge is 0.462 e. The average molecular weight is 636 g/mol. The number of carbonyl (C=O) groups excluding carboxylic acids is 1. The molecule has 0 radical (unpaired) electrons. The highest BCUT2D eigenvalue weighted by atomic mass is 19.4. The number of piperazine rings is 1. The number of fused-ring (bicyclic) bond motifs is 1. The lowest BCUT2D eigenvalue weighted by Crippen LogP contribution is -2.57. The number of nitrogens with two attached hydrogens (primary N) is 1. The molecule has 242 valence electrons. The lowest BCUT2D eigenvalue weighted by molar-refractivity contribution is -0.140. The van der Waals surface area contributed by atoms with Gasteiger partial charge in [-0.2, -0.15) is 23.1 Å². The first-order valence-electron chi connectivity index (χ1n) is 14.5. The lowest BCUT2D eigenvalue weighted by atomic mass is 9.91. The Kier molecular flexibility index (Phi) is 9.18. The summed E-state index contributed by atoms with van der Waals surface area (Å²) < 4.78 is 83.5. The maximum absolute atomic E-state index is 15.3. The van der Waals surface area contributed by atoms with Gasteiger partial charge in [0.2, 0.25) is 6.54 Å². The highest BCUT2D eigenvalue weighted by molar-refractivity contribution is 5.91. The molecule has 2 N–H and O–H groups in total. The van der Waals surface area contributed by atoms with E-state index in [2.05, 4.69) is 26.3 Å². The molecule has 4 heterocycles. The van der Waals surface area contributed by atoms with Crippen LogP contribution in [0.1, 0.15) is 46.9 Å². The molecule has 0 spiro atoms. The Morgan fingerprint density at radius 1 is 1.27 bits per heavy atom. The van der Waals surface area contributed by atoms with Gasteiger partial charge in [0.1, 0.15) is 18.5 Å². The number of likely N-dealkylation sites (N-methyl/N-ethyl adjacent to an activating group) is 1. The van der Waals surface area contributed by atoms with Crippen molar-refractivity contribution >= 4 is 17.4 Å². The van der Waals surface area contributed by atoms with Crippen molar-refractivity contribution in [3.63, 3.8) is 0 Å². The zero-order valence-electron chi connectivity index (χ0n) is 25.0. The number of alkyl halides is 3. The predicted molar refractivity (Wildman–Crippen MR) is 154 cm³/mol. The number of nitrogen functional groups attached to an aromatic ring is 1. The maximum atomic E-state index is 15.3. The standard InChI is InChI=1S/C30H34F5N7O3/c1-16-10-21(36)26(32)24(25(16)30(33,34)35)23-11-22-20(15-44-23)27(39-29(38-22)45-14-18-6-5-7-40(18)4)41-8-9-42(28(43)17(2)31)19(13-41)12-37-3/h10,18-19,23H,2,5-9,11-15,36H2,1,4H3/t18-,19-,23-/m0/s1. The van der Waals surface area contributed by atoms with Crippen molar-refractivity contribution in [1.82, 2.24) is 19.8 Å². The van der Waals surface area contributed by atoms with E-state index in [1.54, 1.807) is 4.90 Å². The monoisotopic (exact) mass is 635 g/mol. The number of carbonyl (C=O) groups is 1. The van der Waals surface area contributed by atoms with Gasteiger partial charge >= 0.3 is 12.2 Å². The van der Waals surface area contributed by atoms with Crippen LogP contribution in [0.25, 0.3) is 4.85 Å². The first kappa shape index (κ1) is 32.4. The van der Waals surface area contributed by atoms with Crippen LogP contribution in [0, 0.1) is 19.3 Å². The van der Waals surface area contributed by atoms with E-state index in [1.165, 1.54) is 11.8 Å². The Morgan fingerprint density at radius 3 is 2.67 bits per heavy atom. The van der Waals surface area contributed by atoms with Crippen LogP contribution >= 0.6 is 0 Å². The van der Waals surface area contributed by atoms with E-state index >= 15 is 4.39 Å². The molecule has 1 aromatic heterocycles. The van der Waals surface area contributed by atoms with Gasteiger partial charge in [0.25, 0.3) is 5.91 Å². The molecule has 1 aromatic carbocycles. The van der Waals surface area contributed by atoms with Crippen LogP contribution in [-0.2, 0) is 28.7 Å². The zero-order chi connectivity index (χ0) is 32.6. The summed E-state index contributed by atoms with van der Waals surface area (Å²) >= 11 is 0. The van der Waals surface area contributed by atoms with Gasteiger partial charge in [0.05, 0.1) is 29.7 Å². The highest BCUT2D eigenvalue weighted by Crippen LogP contribution is 2.44. The summed E-state index contributed by atoms with van der Waals surface area (Å²) in [7, 11) is 1.98. The number of likely N-dealkylation sites (tertiary alicyclic amines) is 1. The van der Waals surface area contributed by atoms with Gasteiger partial charge < -0.3 is 34.8 Å². The second-order valence-corrected chi connectivity index (χ2v) is 11.6. The second kappa shape index (κ2) is 12.8. The molecule has 3 atom stereocenters. The van der Waals surface area contributed by atoms with Crippen molar-refractivity contribution in [1.29, 1.82) is 0 Å². The summed E-state index contributed by atoms with van der Waals surface area (Å²) in [5, 5.41) is 0. The molecule has 1 amide bonds. The molecular formula is C30H34F5N7O3. The van der Waals surface area contributed by atoms with Gasteiger partial charge in [0.15, 0.2) is 11.6 Å². The summed E-state index contributed by atoms with van der Waals surface area (Å²) in [5.41, 5.74) is 4.04. The number of aromatic nitrogens is 2. The van der Waals surface area contributed by atoms with Crippen LogP contribution in [0.5, 0.6) is 6.01 Å². The van der Waals surface area contributed by atoms with Crippen molar-refractivity contribution in [2.45, 2.75) is 57.2 Å². The number of hydrogen-bond donors (Lipinski definition) is 1. The van der Waals surface area contributed by atoms with Crippen LogP contribution in [0.4, 0.5) is 33.5 Å². The van der Waals surface area contributed by atoms with Crippen molar-refractivity contribution < 1.29 is 36.2 Å². The van der Waals surface area contributed by atoms with Gasteiger partial charge in [-0.15, -0.1) is 0 Å². The first-order valence-corrected chi connectivity index (χ1v) is 14.5. The summed E-state index contributed by atoms with van der Waals surface area (Å²) in [4.78, 5) is 30.2. The average Bonchev–Trinajstić information content (AvgIpc) is 3.40. The van der Waals surface area contributed by atoms with E-state index in [0.717, 1.165) is 25.5 Å². The number of anilines is 2. The van der Waals surface area contributed by atoms with Gasteiger partial charge in [-0.25, -0.2) is 15.4 Å². The smallest absolute Gasteiger partial charge is 0.417 e. The van der Waals surface area contributed by atoms with Crippen molar-refractivity contribution in [3.8, 4) is 6.01 Å². The second-order valence-electron chi connectivity index (χ2n) is 11.6. The summed E-state index contributed by atoms with van der Waals surface area (Å²) in [6.07, 6.45) is -4.53.